The molecule has 2 aromatic rings. The molecule has 2 heterocycles. The number of amides is 1. The maximum atomic E-state index is 12.9. The fourth-order valence-electron chi connectivity index (χ4n) is 3.88. The van der Waals surface area contributed by atoms with E-state index in [1.165, 1.54) is 20.0 Å². The standard InChI is InChI=1S/C19H20N2O4/c1-24-19(23)14-11-21(16-9-5-4-8-13(14)16)18(22)17-10-15(20-25-17)12-6-2-3-7-12/h4-5,8-10,12,14H,2-3,6-7,11H2,1H3/t14-/m1/s1. The second-order valence-electron chi connectivity index (χ2n) is 6.65. The van der Waals surface area contributed by atoms with Crippen molar-refractivity contribution in [2.45, 2.75) is 37.5 Å². The highest BCUT2D eigenvalue weighted by atomic mass is 16.5. The van der Waals surface area contributed by atoms with Crippen LogP contribution in [-0.2, 0) is 9.53 Å². The van der Waals surface area contributed by atoms with Crippen molar-refractivity contribution in [1.82, 2.24) is 5.16 Å². The van der Waals surface area contributed by atoms with Crippen LogP contribution in [0.25, 0.3) is 0 Å². The van der Waals surface area contributed by atoms with Crippen molar-refractivity contribution >= 4 is 17.6 Å². The number of anilines is 1. The number of esters is 1. The Balaban J connectivity index is 1.61. The van der Waals surface area contributed by atoms with E-state index >= 15 is 0 Å². The molecule has 0 N–H and O–H groups in total. The van der Waals surface area contributed by atoms with Gasteiger partial charge in [0.2, 0.25) is 5.76 Å². The Bertz CT molecular complexity index is 807. The molecule has 1 atom stereocenters. The molecule has 0 saturated heterocycles. The lowest BCUT2D eigenvalue weighted by Gasteiger charge is -2.15. The monoisotopic (exact) mass is 340 g/mol. The topological polar surface area (TPSA) is 72.6 Å². The highest BCUT2D eigenvalue weighted by Crippen LogP contribution is 2.38. The summed E-state index contributed by atoms with van der Waals surface area (Å²) in [6.45, 7) is 0.254. The molecule has 1 fully saturated rings. The number of hydrogen-bond acceptors (Lipinski definition) is 5. The third kappa shape index (κ3) is 2.71. The van der Waals surface area contributed by atoms with Gasteiger partial charge in [-0.1, -0.05) is 36.2 Å². The molecule has 4 rings (SSSR count). The number of hydrogen-bond donors (Lipinski definition) is 0. The molecule has 130 valence electrons. The Morgan fingerprint density at radius 1 is 1.24 bits per heavy atom. The summed E-state index contributed by atoms with van der Waals surface area (Å²) in [7, 11) is 1.36. The molecular formula is C19H20N2O4. The number of carbonyl (C=O) groups is 2. The first-order valence-electron chi connectivity index (χ1n) is 8.64. The summed E-state index contributed by atoms with van der Waals surface area (Å²) in [6.07, 6.45) is 4.58. The van der Waals surface area contributed by atoms with Gasteiger partial charge < -0.3 is 14.2 Å². The first-order chi connectivity index (χ1) is 12.2. The van der Waals surface area contributed by atoms with Crippen LogP contribution in [0.3, 0.4) is 0 Å². The van der Waals surface area contributed by atoms with E-state index in [9.17, 15) is 9.59 Å². The number of ether oxygens (including phenoxy) is 1. The second kappa shape index (κ2) is 6.35. The highest BCUT2D eigenvalue weighted by Gasteiger charge is 2.38. The smallest absolute Gasteiger partial charge is 0.315 e. The van der Waals surface area contributed by atoms with Crippen molar-refractivity contribution in [2.75, 3.05) is 18.6 Å². The van der Waals surface area contributed by atoms with Crippen molar-refractivity contribution in [3.8, 4) is 0 Å². The van der Waals surface area contributed by atoms with E-state index in [2.05, 4.69) is 5.16 Å². The highest BCUT2D eigenvalue weighted by molar-refractivity contribution is 6.07. The molecule has 0 spiro atoms. The van der Waals surface area contributed by atoms with E-state index in [4.69, 9.17) is 9.26 Å². The fourth-order valence-corrected chi connectivity index (χ4v) is 3.88. The minimum atomic E-state index is -0.470. The molecule has 1 aliphatic heterocycles. The Morgan fingerprint density at radius 2 is 2.00 bits per heavy atom. The van der Waals surface area contributed by atoms with Gasteiger partial charge in [-0.25, -0.2) is 0 Å². The van der Waals surface area contributed by atoms with Gasteiger partial charge in [-0.3, -0.25) is 9.59 Å². The van der Waals surface area contributed by atoms with Crippen molar-refractivity contribution in [3.05, 3.63) is 47.3 Å². The van der Waals surface area contributed by atoms with Gasteiger partial charge in [0.1, 0.15) is 5.92 Å². The van der Waals surface area contributed by atoms with Crippen LogP contribution in [0.4, 0.5) is 5.69 Å². The SMILES string of the molecule is COC(=O)[C@@H]1CN(C(=O)c2cc(C3CCCC3)no2)c2ccccc21. The molecule has 0 unspecified atom stereocenters. The first-order valence-corrected chi connectivity index (χ1v) is 8.64. The predicted molar refractivity (Wildman–Crippen MR) is 90.6 cm³/mol. The Hall–Kier alpha value is -2.63. The lowest BCUT2D eigenvalue weighted by Crippen LogP contribution is -2.31. The Morgan fingerprint density at radius 3 is 2.76 bits per heavy atom. The fraction of sp³-hybridized carbons (Fsp3) is 0.421. The summed E-state index contributed by atoms with van der Waals surface area (Å²) in [4.78, 5) is 26.6. The van der Waals surface area contributed by atoms with Crippen LogP contribution in [-0.4, -0.2) is 30.7 Å². The first kappa shape index (κ1) is 15.9. The van der Waals surface area contributed by atoms with E-state index in [0.717, 1.165) is 29.8 Å². The number of benzene rings is 1. The quantitative estimate of drug-likeness (QED) is 0.802. The van der Waals surface area contributed by atoms with Crippen LogP contribution in [0.2, 0.25) is 0 Å². The predicted octanol–water partition coefficient (Wildman–Crippen LogP) is 3.25. The van der Waals surface area contributed by atoms with Gasteiger partial charge in [0.15, 0.2) is 0 Å². The normalized spacial score (nSPS) is 19.9. The minimum Gasteiger partial charge on any atom is -0.468 e. The maximum absolute atomic E-state index is 12.9. The van der Waals surface area contributed by atoms with Crippen LogP contribution < -0.4 is 4.90 Å². The average Bonchev–Trinajstić information content (AvgIpc) is 3.39. The molecule has 0 bridgehead atoms. The summed E-state index contributed by atoms with van der Waals surface area (Å²) < 4.78 is 10.2. The number of rotatable bonds is 3. The van der Waals surface area contributed by atoms with Gasteiger partial charge >= 0.3 is 5.97 Å². The van der Waals surface area contributed by atoms with Crippen molar-refractivity contribution in [3.63, 3.8) is 0 Å². The third-order valence-corrected chi connectivity index (χ3v) is 5.21. The van der Waals surface area contributed by atoms with Gasteiger partial charge in [0.25, 0.3) is 5.91 Å². The molecule has 1 saturated carbocycles. The lowest BCUT2D eigenvalue weighted by atomic mass is 10.0. The van der Waals surface area contributed by atoms with Crippen LogP contribution in [0, 0.1) is 0 Å². The van der Waals surface area contributed by atoms with Crippen molar-refractivity contribution in [1.29, 1.82) is 0 Å². The van der Waals surface area contributed by atoms with Crippen LogP contribution in [0.15, 0.2) is 34.9 Å². The zero-order valence-electron chi connectivity index (χ0n) is 14.1. The number of para-hydroxylation sites is 1. The zero-order valence-corrected chi connectivity index (χ0v) is 14.1. The van der Waals surface area contributed by atoms with E-state index in [-0.39, 0.29) is 24.2 Å². The van der Waals surface area contributed by atoms with Gasteiger partial charge in [-0.05, 0) is 24.5 Å². The largest absolute Gasteiger partial charge is 0.468 e. The average molecular weight is 340 g/mol. The second-order valence-corrected chi connectivity index (χ2v) is 6.65. The molecule has 1 aliphatic carbocycles. The van der Waals surface area contributed by atoms with E-state index < -0.39 is 5.92 Å². The summed E-state index contributed by atoms with van der Waals surface area (Å²) in [5, 5.41) is 4.10. The molecule has 0 radical (unpaired) electrons. The maximum Gasteiger partial charge on any atom is 0.315 e. The number of fused-ring (bicyclic) bond motifs is 1. The van der Waals surface area contributed by atoms with Crippen molar-refractivity contribution in [2.24, 2.45) is 0 Å². The van der Waals surface area contributed by atoms with E-state index in [0.29, 0.717) is 5.92 Å². The van der Waals surface area contributed by atoms with Gasteiger partial charge in [0.05, 0.1) is 12.8 Å². The molecule has 1 amide bonds. The Kier molecular flexibility index (Phi) is 4.03. The third-order valence-electron chi connectivity index (χ3n) is 5.21. The van der Waals surface area contributed by atoms with Crippen molar-refractivity contribution < 1.29 is 18.8 Å². The van der Waals surface area contributed by atoms with Crippen LogP contribution in [0.1, 0.15) is 59.3 Å². The molecule has 6 nitrogen and oxygen atoms in total. The molecule has 1 aromatic carbocycles. The summed E-state index contributed by atoms with van der Waals surface area (Å²) in [5.41, 5.74) is 2.39. The van der Waals surface area contributed by atoms with Gasteiger partial charge in [0, 0.05) is 24.2 Å². The van der Waals surface area contributed by atoms with E-state index in [1.807, 2.05) is 24.3 Å². The zero-order chi connectivity index (χ0) is 17.4. The minimum absolute atomic E-state index is 0.224. The molecule has 25 heavy (non-hydrogen) atoms. The van der Waals surface area contributed by atoms with Gasteiger partial charge in [-0.15, -0.1) is 0 Å². The van der Waals surface area contributed by atoms with Crippen LogP contribution >= 0.6 is 0 Å². The molecule has 1 aromatic heterocycles. The summed E-state index contributed by atoms with van der Waals surface area (Å²) in [6, 6.07) is 9.16. The summed E-state index contributed by atoms with van der Waals surface area (Å²) >= 11 is 0. The summed E-state index contributed by atoms with van der Waals surface area (Å²) in [5.74, 6) is -0.467. The van der Waals surface area contributed by atoms with Gasteiger partial charge in [-0.2, -0.15) is 0 Å². The number of aromatic nitrogens is 1. The Labute approximate surface area is 145 Å². The van der Waals surface area contributed by atoms with E-state index in [1.54, 1.807) is 11.0 Å². The molecular weight excluding hydrogens is 320 g/mol. The molecule has 2 aliphatic rings. The van der Waals surface area contributed by atoms with Crippen LogP contribution in [0.5, 0.6) is 0 Å². The number of nitrogens with zero attached hydrogens (tertiary/aromatic N) is 2. The number of carbonyl (C=O) groups excluding carboxylic acids is 2. The number of methoxy groups -OCH3 is 1. The molecule has 6 heteroatoms. The lowest BCUT2D eigenvalue weighted by molar-refractivity contribution is -0.141.